The molecule has 4 N–H and O–H groups in total. The molecule has 0 atom stereocenters. The number of hydrogen-bond acceptors (Lipinski definition) is 6. The minimum absolute atomic E-state index is 0.115. The number of aromatic nitrogens is 1. The van der Waals surface area contributed by atoms with E-state index in [1.807, 2.05) is 65.5 Å². The van der Waals surface area contributed by atoms with Crippen molar-refractivity contribution in [2.24, 2.45) is 10.9 Å². The van der Waals surface area contributed by atoms with Crippen molar-refractivity contribution in [2.45, 2.75) is 33.0 Å². The van der Waals surface area contributed by atoms with Crippen LogP contribution in [0.5, 0.6) is 0 Å². The minimum atomic E-state index is -5.08. The van der Waals surface area contributed by atoms with E-state index in [1.54, 1.807) is 13.1 Å². The van der Waals surface area contributed by atoms with Gasteiger partial charge in [0, 0.05) is 31.5 Å². The molecule has 2 aromatic carbocycles. The number of amides is 1. The number of carboxylic acids is 1. The monoisotopic (exact) mass is 532 g/mol. The molecule has 9 nitrogen and oxygen atoms in total. The van der Waals surface area contributed by atoms with Gasteiger partial charge in [0.2, 0.25) is 5.91 Å². The molecule has 0 saturated heterocycles. The first-order valence-corrected chi connectivity index (χ1v) is 11.3. The van der Waals surface area contributed by atoms with E-state index in [9.17, 15) is 22.8 Å². The fourth-order valence-electron chi connectivity index (χ4n) is 3.38. The summed E-state index contributed by atoms with van der Waals surface area (Å²) in [6.45, 7) is 4.18. The molecule has 0 aliphatic rings. The SMILES string of the molecule is CCOC(=O)c1cn(Cc2cccc(/C=N\N)c2)cc1Cc1ccc(NC(C)=O)cc1.O=C(O)C(F)(F)F. The zero-order valence-electron chi connectivity index (χ0n) is 20.7. The Balaban J connectivity index is 0.000000638. The van der Waals surface area contributed by atoms with Crippen LogP contribution in [0.4, 0.5) is 18.9 Å². The number of alkyl halides is 3. The summed E-state index contributed by atoms with van der Waals surface area (Å²) in [7, 11) is 0. The lowest BCUT2D eigenvalue weighted by Crippen LogP contribution is -2.21. The van der Waals surface area contributed by atoms with Gasteiger partial charge in [0.05, 0.1) is 18.4 Å². The number of carboxylic acid groups (broad SMARTS) is 1. The molecule has 1 amide bonds. The van der Waals surface area contributed by atoms with E-state index >= 15 is 0 Å². The molecule has 0 unspecified atom stereocenters. The van der Waals surface area contributed by atoms with Crippen LogP contribution in [0.25, 0.3) is 0 Å². The van der Waals surface area contributed by atoms with E-state index in [1.165, 1.54) is 6.92 Å². The van der Waals surface area contributed by atoms with Crippen molar-refractivity contribution < 1.29 is 37.4 Å². The highest BCUT2D eigenvalue weighted by Gasteiger charge is 2.38. The molecule has 0 spiro atoms. The topological polar surface area (TPSA) is 136 Å². The summed E-state index contributed by atoms with van der Waals surface area (Å²) in [5.74, 6) is 2.04. The zero-order chi connectivity index (χ0) is 28.3. The Morgan fingerprint density at radius 2 is 1.76 bits per heavy atom. The second-order valence-corrected chi connectivity index (χ2v) is 7.97. The maximum atomic E-state index is 12.5. The first-order valence-electron chi connectivity index (χ1n) is 11.3. The van der Waals surface area contributed by atoms with Gasteiger partial charge in [-0.25, -0.2) is 9.59 Å². The van der Waals surface area contributed by atoms with E-state index in [0.29, 0.717) is 25.1 Å². The summed E-state index contributed by atoms with van der Waals surface area (Å²) in [6, 6.07) is 15.5. The number of nitrogens with zero attached hydrogens (tertiary/aromatic N) is 2. The van der Waals surface area contributed by atoms with Crippen LogP contribution in [0.1, 0.15) is 46.5 Å². The van der Waals surface area contributed by atoms with Crippen molar-refractivity contribution in [3.05, 3.63) is 88.7 Å². The number of aliphatic carboxylic acids is 1. The van der Waals surface area contributed by atoms with E-state index in [0.717, 1.165) is 27.9 Å². The Hall–Kier alpha value is -4.61. The molecule has 3 rings (SSSR count). The molecule has 0 fully saturated rings. The Bertz CT molecular complexity index is 1280. The van der Waals surface area contributed by atoms with Gasteiger partial charge in [-0.05, 0) is 53.8 Å². The van der Waals surface area contributed by atoms with Crippen LogP contribution < -0.4 is 11.2 Å². The highest BCUT2D eigenvalue weighted by Crippen LogP contribution is 2.20. The van der Waals surface area contributed by atoms with Gasteiger partial charge in [-0.3, -0.25) is 4.79 Å². The highest BCUT2D eigenvalue weighted by molar-refractivity contribution is 5.91. The molecule has 3 aromatic rings. The highest BCUT2D eigenvalue weighted by atomic mass is 19.4. The van der Waals surface area contributed by atoms with Gasteiger partial charge in [-0.2, -0.15) is 18.3 Å². The maximum absolute atomic E-state index is 12.5. The van der Waals surface area contributed by atoms with Crippen LogP contribution in [0, 0.1) is 0 Å². The number of nitrogens with two attached hydrogens (primary N) is 1. The van der Waals surface area contributed by atoms with Crippen molar-refractivity contribution >= 4 is 29.7 Å². The number of hydrazone groups is 1. The smallest absolute Gasteiger partial charge is 0.475 e. The summed E-state index contributed by atoms with van der Waals surface area (Å²) in [4.78, 5) is 32.6. The predicted octanol–water partition coefficient (Wildman–Crippen LogP) is 4.19. The number of anilines is 1. The number of carbonyl (C=O) groups is 3. The van der Waals surface area contributed by atoms with E-state index < -0.39 is 12.1 Å². The number of halogens is 3. The van der Waals surface area contributed by atoms with Crippen LogP contribution in [0.3, 0.4) is 0 Å². The maximum Gasteiger partial charge on any atom is 0.490 e. The summed E-state index contributed by atoms with van der Waals surface area (Å²) in [5.41, 5.74) is 5.17. The number of ether oxygens (including phenoxy) is 1. The molecule has 1 heterocycles. The van der Waals surface area contributed by atoms with Crippen molar-refractivity contribution in [3.8, 4) is 0 Å². The van der Waals surface area contributed by atoms with Crippen LogP contribution >= 0.6 is 0 Å². The number of esters is 1. The Kier molecular flexibility index (Phi) is 10.6. The molecular weight excluding hydrogens is 505 g/mol. The number of benzene rings is 2. The quantitative estimate of drug-likeness (QED) is 0.172. The van der Waals surface area contributed by atoms with Crippen LogP contribution in [0.2, 0.25) is 0 Å². The summed E-state index contributed by atoms with van der Waals surface area (Å²) in [5, 5.41) is 13.4. The summed E-state index contributed by atoms with van der Waals surface area (Å²) in [6.07, 6.45) is 0.876. The minimum Gasteiger partial charge on any atom is -0.475 e. The summed E-state index contributed by atoms with van der Waals surface area (Å²) < 4.78 is 39.0. The third kappa shape index (κ3) is 9.45. The molecular formula is C26H27F3N4O5. The Labute approximate surface area is 216 Å². The fraction of sp³-hybridized carbons (Fsp3) is 0.231. The van der Waals surface area contributed by atoms with E-state index in [2.05, 4.69) is 10.4 Å². The lowest BCUT2D eigenvalue weighted by molar-refractivity contribution is -0.192. The number of nitrogens with one attached hydrogen (secondary N) is 1. The molecule has 38 heavy (non-hydrogen) atoms. The van der Waals surface area contributed by atoms with Gasteiger partial charge in [0.1, 0.15) is 0 Å². The van der Waals surface area contributed by atoms with Gasteiger partial charge < -0.3 is 25.6 Å². The molecule has 202 valence electrons. The van der Waals surface area contributed by atoms with E-state index in [-0.39, 0.29) is 11.9 Å². The van der Waals surface area contributed by atoms with Crippen molar-refractivity contribution in [1.29, 1.82) is 0 Å². The van der Waals surface area contributed by atoms with Crippen LogP contribution in [-0.2, 0) is 27.3 Å². The standard InChI is InChI=1S/C24H26N4O3.C2HF3O2/c1-3-31-24(30)23-16-28(14-20-6-4-5-19(11-20)13-26-25)15-21(23)12-18-7-9-22(10-8-18)27-17(2)29;3-2(4,5)1(6)7/h4-11,13,15-16H,3,12,14,25H2,1-2H3,(H,27,29);(H,6,7)/b26-13-;. The second kappa shape index (κ2) is 13.6. The van der Waals surface area contributed by atoms with Crippen LogP contribution in [0.15, 0.2) is 66.0 Å². The number of hydrogen-bond donors (Lipinski definition) is 3. The summed E-state index contributed by atoms with van der Waals surface area (Å²) >= 11 is 0. The van der Waals surface area contributed by atoms with Gasteiger partial charge in [0.25, 0.3) is 0 Å². The average Bonchev–Trinajstić information content (AvgIpc) is 3.22. The molecule has 0 saturated carbocycles. The lowest BCUT2D eigenvalue weighted by atomic mass is 10.0. The average molecular weight is 533 g/mol. The Morgan fingerprint density at radius 3 is 2.32 bits per heavy atom. The number of rotatable bonds is 8. The second-order valence-electron chi connectivity index (χ2n) is 7.97. The molecule has 12 heteroatoms. The van der Waals surface area contributed by atoms with Crippen molar-refractivity contribution in [1.82, 2.24) is 4.57 Å². The third-order valence-corrected chi connectivity index (χ3v) is 4.91. The van der Waals surface area contributed by atoms with Crippen LogP contribution in [-0.4, -0.2) is 46.5 Å². The van der Waals surface area contributed by atoms with Gasteiger partial charge in [-0.1, -0.05) is 30.3 Å². The largest absolute Gasteiger partial charge is 0.490 e. The molecule has 0 aliphatic carbocycles. The molecule has 0 bridgehead atoms. The Morgan fingerprint density at radius 1 is 1.11 bits per heavy atom. The zero-order valence-corrected chi connectivity index (χ0v) is 20.7. The predicted molar refractivity (Wildman–Crippen MR) is 135 cm³/mol. The number of carbonyl (C=O) groups excluding carboxylic acids is 2. The molecule has 0 aliphatic heterocycles. The lowest BCUT2D eigenvalue weighted by Gasteiger charge is -2.06. The third-order valence-electron chi connectivity index (χ3n) is 4.91. The van der Waals surface area contributed by atoms with Gasteiger partial charge >= 0.3 is 18.1 Å². The van der Waals surface area contributed by atoms with Gasteiger partial charge in [0.15, 0.2) is 0 Å². The van der Waals surface area contributed by atoms with Crippen molar-refractivity contribution in [2.75, 3.05) is 11.9 Å². The first-order chi connectivity index (χ1) is 17.9. The normalized spacial score (nSPS) is 11.0. The molecule has 0 radical (unpaired) electrons. The molecule has 1 aromatic heterocycles. The fourth-order valence-corrected chi connectivity index (χ4v) is 3.38. The van der Waals surface area contributed by atoms with E-state index in [4.69, 9.17) is 20.5 Å². The van der Waals surface area contributed by atoms with Crippen molar-refractivity contribution in [3.63, 3.8) is 0 Å². The van der Waals surface area contributed by atoms with Gasteiger partial charge in [-0.15, -0.1) is 0 Å². The first kappa shape index (κ1) is 29.6.